The van der Waals surface area contributed by atoms with Gasteiger partial charge in [0.2, 0.25) is 0 Å². The Morgan fingerprint density at radius 2 is 1.93 bits per heavy atom. The zero-order valence-electron chi connectivity index (χ0n) is 24.9. The highest BCUT2D eigenvalue weighted by molar-refractivity contribution is 6.00. The molecule has 8 rings (SSSR count). The average molecular weight is 644 g/mol. The highest BCUT2D eigenvalue weighted by Gasteiger charge is 2.50. The first kappa shape index (κ1) is 29.5. The average Bonchev–Trinajstić information content (AvgIpc) is 3.75. The SMILES string of the molecule is Cc1c(F)cc2[nH]ncc2c1-c1c(F)cc2c(N3C[C@@H]4CC[C@](C=C(F)F)(C3)N4)nc(OCC34CCCN3C[C@H](F)C4)nc2c1F. The summed E-state index contributed by atoms with van der Waals surface area (Å²) in [7, 11) is 0. The minimum Gasteiger partial charge on any atom is -0.461 e. The fourth-order valence-electron chi connectivity index (χ4n) is 8.27. The van der Waals surface area contributed by atoms with Gasteiger partial charge in [-0.3, -0.25) is 10.00 Å². The largest absolute Gasteiger partial charge is 0.461 e. The number of halogens is 6. The molecule has 0 amide bonds. The standard InChI is InChI=1S/C32H31F6N7O/c1-16-21(34)8-23-20(11-39-43-23)25(16)26-22(35)7-19-28(27(26)38)40-30(46-15-32-4-2-6-45(32)12-17(33)9-32)41-29(19)44-13-18-3-5-31(14-44,42-18)10-24(36)37/h7-8,10-11,17-18,42H,2-6,9,12-15H2,1H3,(H,39,43)/t17-,18+,31+,32?/m1/s1. The highest BCUT2D eigenvalue weighted by Crippen LogP contribution is 2.43. The van der Waals surface area contributed by atoms with Gasteiger partial charge in [0, 0.05) is 54.5 Å². The summed E-state index contributed by atoms with van der Waals surface area (Å²) in [5, 5.41) is 10.2. The Morgan fingerprint density at radius 3 is 2.76 bits per heavy atom. The van der Waals surface area contributed by atoms with Gasteiger partial charge >= 0.3 is 6.01 Å². The first-order valence-electron chi connectivity index (χ1n) is 15.5. The molecule has 4 atom stereocenters. The molecular weight excluding hydrogens is 612 g/mol. The molecular formula is C32H31F6N7O. The number of fused-ring (bicyclic) bond motifs is 5. The highest BCUT2D eigenvalue weighted by atomic mass is 19.3. The summed E-state index contributed by atoms with van der Waals surface area (Å²) in [6, 6.07) is 1.96. The van der Waals surface area contributed by atoms with E-state index < -0.39 is 46.3 Å². The van der Waals surface area contributed by atoms with Gasteiger partial charge in [-0.05, 0) is 56.8 Å². The van der Waals surface area contributed by atoms with E-state index in [2.05, 4.69) is 30.4 Å². The number of rotatable bonds is 6. The van der Waals surface area contributed by atoms with Crippen molar-refractivity contribution >= 4 is 27.6 Å². The summed E-state index contributed by atoms with van der Waals surface area (Å²) in [4.78, 5) is 12.8. The molecule has 4 aliphatic rings. The summed E-state index contributed by atoms with van der Waals surface area (Å²) < 4.78 is 95.6. The van der Waals surface area contributed by atoms with E-state index in [0.717, 1.165) is 31.5 Å². The Labute approximate surface area is 259 Å². The van der Waals surface area contributed by atoms with E-state index in [1.807, 2.05) is 0 Å². The van der Waals surface area contributed by atoms with Crippen molar-refractivity contribution in [3.05, 3.63) is 53.5 Å². The Kier molecular flexibility index (Phi) is 6.77. The van der Waals surface area contributed by atoms with Gasteiger partial charge in [0.1, 0.15) is 35.7 Å². The number of aromatic amines is 1. The van der Waals surface area contributed by atoms with E-state index in [9.17, 15) is 17.6 Å². The van der Waals surface area contributed by atoms with Crippen molar-refractivity contribution in [3.63, 3.8) is 0 Å². The van der Waals surface area contributed by atoms with Gasteiger partial charge in [0.05, 0.1) is 28.4 Å². The quantitative estimate of drug-likeness (QED) is 0.252. The summed E-state index contributed by atoms with van der Waals surface area (Å²) in [5.74, 6) is -2.55. The van der Waals surface area contributed by atoms with Crippen LogP contribution in [0.4, 0.5) is 32.2 Å². The smallest absolute Gasteiger partial charge is 0.319 e. The molecule has 2 aromatic carbocycles. The van der Waals surface area contributed by atoms with Crippen LogP contribution < -0.4 is 15.0 Å². The van der Waals surface area contributed by atoms with Crippen LogP contribution in [0.3, 0.4) is 0 Å². The third-order valence-corrected chi connectivity index (χ3v) is 10.3. The zero-order valence-corrected chi connectivity index (χ0v) is 24.9. The third-order valence-electron chi connectivity index (χ3n) is 10.3. The number of anilines is 1. The summed E-state index contributed by atoms with van der Waals surface area (Å²) in [6.45, 7) is 2.96. The second-order valence-corrected chi connectivity index (χ2v) is 13.2. The molecule has 4 fully saturated rings. The molecule has 242 valence electrons. The zero-order chi connectivity index (χ0) is 32.0. The van der Waals surface area contributed by atoms with Crippen molar-refractivity contribution < 1.29 is 31.1 Å². The maximum Gasteiger partial charge on any atom is 0.319 e. The van der Waals surface area contributed by atoms with Gasteiger partial charge < -0.3 is 15.0 Å². The first-order chi connectivity index (χ1) is 22.0. The van der Waals surface area contributed by atoms with Gasteiger partial charge in [-0.15, -0.1) is 0 Å². The van der Waals surface area contributed by atoms with Crippen molar-refractivity contribution in [3.8, 4) is 17.1 Å². The second-order valence-electron chi connectivity index (χ2n) is 13.2. The normalized spacial score (nSPS) is 27.6. The van der Waals surface area contributed by atoms with Gasteiger partial charge in [0.25, 0.3) is 6.08 Å². The molecule has 6 heterocycles. The fourth-order valence-corrected chi connectivity index (χ4v) is 8.27. The van der Waals surface area contributed by atoms with Gasteiger partial charge in [-0.25, -0.2) is 17.6 Å². The molecule has 0 aliphatic carbocycles. The molecule has 2 bridgehead atoms. The minimum atomic E-state index is -1.83. The van der Waals surface area contributed by atoms with Gasteiger partial charge in [-0.1, -0.05) is 0 Å². The number of aromatic nitrogens is 4. The molecule has 46 heavy (non-hydrogen) atoms. The second kappa shape index (κ2) is 10.6. The van der Waals surface area contributed by atoms with E-state index in [4.69, 9.17) is 4.74 Å². The van der Waals surface area contributed by atoms with Crippen LogP contribution in [0.25, 0.3) is 32.9 Å². The Balaban J connectivity index is 1.29. The molecule has 8 nitrogen and oxygen atoms in total. The van der Waals surface area contributed by atoms with Crippen molar-refractivity contribution in [1.29, 1.82) is 0 Å². The number of alkyl halides is 1. The number of benzene rings is 2. The number of H-pyrrole nitrogens is 1. The molecule has 0 radical (unpaired) electrons. The molecule has 4 saturated heterocycles. The van der Waals surface area contributed by atoms with Crippen LogP contribution in [0.1, 0.15) is 37.7 Å². The first-order valence-corrected chi connectivity index (χ1v) is 15.5. The number of hydrogen-bond acceptors (Lipinski definition) is 7. The Bertz CT molecular complexity index is 1910. The summed E-state index contributed by atoms with van der Waals surface area (Å²) in [5.41, 5.74) is -2.06. The van der Waals surface area contributed by atoms with Crippen molar-refractivity contribution in [2.75, 3.05) is 37.7 Å². The molecule has 14 heteroatoms. The third kappa shape index (κ3) is 4.62. The number of ether oxygens (including phenoxy) is 1. The topological polar surface area (TPSA) is 82.2 Å². The Morgan fingerprint density at radius 1 is 1.09 bits per heavy atom. The van der Waals surface area contributed by atoms with Crippen molar-refractivity contribution in [2.45, 2.75) is 62.3 Å². The number of piperazine rings is 1. The lowest BCUT2D eigenvalue weighted by Gasteiger charge is -2.40. The van der Waals surface area contributed by atoms with Crippen molar-refractivity contribution in [2.24, 2.45) is 0 Å². The number of nitrogens with one attached hydrogen (secondary N) is 2. The van der Waals surface area contributed by atoms with Crippen LogP contribution in [-0.4, -0.2) is 81.1 Å². The molecule has 2 N–H and O–H groups in total. The molecule has 4 aromatic rings. The molecule has 4 aliphatic heterocycles. The lowest BCUT2D eigenvalue weighted by atomic mass is 9.94. The van der Waals surface area contributed by atoms with Crippen LogP contribution in [-0.2, 0) is 0 Å². The van der Waals surface area contributed by atoms with Crippen LogP contribution in [0.2, 0.25) is 0 Å². The lowest BCUT2D eigenvalue weighted by molar-refractivity contribution is 0.107. The summed E-state index contributed by atoms with van der Waals surface area (Å²) >= 11 is 0. The van der Waals surface area contributed by atoms with E-state index in [-0.39, 0.29) is 58.6 Å². The van der Waals surface area contributed by atoms with E-state index in [1.54, 1.807) is 4.90 Å². The predicted octanol–water partition coefficient (Wildman–Crippen LogP) is 5.95. The van der Waals surface area contributed by atoms with Crippen molar-refractivity contribution in [1.82, 2.24) is 30.4 Å². The number of hydrogen-bond donors (Lipinski definition) is 2. The van der Waals surface area contributed by atoms with E-state index >= 15 is 8.78 Å². The Hall–Kier alpha value is -3.91. The maximum absolute atomic E-state index is 16.8. The monoisotopic (exact) mass is 643 g/mol. The van der Waals surface area contributed by atoms with Gasteiger partial charge in [0.15, 0.2) is 5.82 Å². The maximum atomic E-state index is 16.8. The van der Waals surface area contributed by atoms with Crippen LogP contribution in [0.5, 0.6) is 6.01 Å². The molecule has 0 spiro atoms. The molecule has 0 saturated carbocycles. The molecule has 2 aromatic heterocycles. The van der Waals surface area contributed by atoms with E-state index in [0.29, 0.717) is 37.7 Å². The van der Waals surface area contributed by atoms with Crippen LogP contribution in [0, 0.1) is 24.4 Å². The van der Waals surface area contributed by atoms with Gasteiger partial charge in [-0.2, -0.15) is 23.8 Å². The lowest BCUT2D eigenvalue weighted by Crippen LogP contribution is -2.59. The minimum absolute atomic E-state index is 0.00793. The number of nitrogens with zero attached hydrogens (tertiary/aromatic N) is 5. The fraction of sp³-hybridized carbons (Fsp3) is 0.469. The van der Waals surface area contributed by atoms with Crippen LogP contribution >= 0.6 is 0 Å². The predicted molar refractivity (Wildman–Crippen MR) is 159 cm³/mol. The van der Waals surface area contributed by atoms with E-state index in [1.165, 1.54) is 19.2 Å². The molecule has 1 unspecified atom stereocenters. The van der Waals surface area contributed by atoms with Crippen LogP contribution in [0.15, 0.2) is 30.5 Å². The summed E-state index contributed by atoms with van der Waals surface area (Å²) in [6.07, 6.45) is 2.42.